The van der Waals surface area contributed by atoms with Crippen molar-refractivity contribution in [3.63, 3.8) is 0 Å². The normalized spacial score (nSPS) is 10.4. The van der Waals surface area contributed by atoms with Crippen LogP contribution in [0.1, 0.15) is 10.4 Å². The number of carbonyl (C=O) groups is 1. The number of carbonyl (C=O) groups excluding carboxylic acids is 1. The van der Waals surface area contributed by atoms with Crippen molar-refractivity contribution in [2.24, 2.45) is 0 Å². The fourth-order valence-electron chi connectivity index (χ4n) is 1.93. The average Bonchev–Trinajstić information content (AvgIpc) is 2.97. The number of benzene rings is 2. The standard InChI is InChI=1S/C15H10ClN3O2S/c16-11-6-10(7-12-13(11)21-8-17-12)18-15(22)19-14(20)9-4-2-1-3-5-9/h1-8H,(H2,18,19,20,22). The van der Waals surface area contributed by atoms with Gasteiger partial charge in [0.25, 0.3) is 5.91 Å². The summed E-state index contributed by atoms with van der Waals surface area (Å²) in [5.41, 5.74) is 2.25. The first kappa shape index (κ1) is 14.5. The number of oxazole rings is 1. The highest BCUT2D eigenvalue weighted by atomic mass is 35.5. The predicted molar refractivity (Wildman–Crippen MR) is 89.1 cm³/mol. The van der Waals surface area contributed by atoms with Crippen molar-refractivity contribution in [2.45, 2.75) is 0 Å². The number of thiocarbonyl (C=S) groups is 1. The number of halogens is 1. The van der Waals surface area contributed by atoms with Gasteiger partial charge < -0.3 is 9.73 Å². The van der Waals surface area contributed by atoms with Crippen LogP contribution in [-0.2, 0) is 0 Å². The van der Waals surface area contributed by atoms with Gasteiger partial charge in [0.1, 0.15) is 5.52 Å². The Morgan fingerprint density at radius 1 is 1.23 bits per heavy atom. The smallest absolute Gasteiger partial charge is 0.257 e. The van der Waals surface area contributed by atoms with E-state index in [1.807, 2.05) is 6.07 Å². The Bertz CT molecular complexity index is 848. The molecule has 1 aromatic heterocycles. The van der Waals surface area contributed by atoms with E-state index in [-0.39, 0.29) is 11.0 Å². The first-order chi connectivity index (χ1) is 10.6. The fraction of sp³-hybridized carbons (Fsp3) is 0. The maximum absolute atomic E-state index is 12.0. The van der Waals surface area contributed by atoms with Crippen molar-refractivity contribution in [2.75, 3.05) is 5.32 Å². The van der Waals surface area contributed by atoms with Crippen molar-refractivity contribution in [1.82, 2.24) is 10.3 Å². The van der Waals surface area contributed by atoms with Crippen LogP contribution in [0.3, 0.4) is 0 Å². The molecule has 0 atom stereocenters. The van der Waals surface area contributed by atoms with Crippen LogP contribution < -0.4 is 10.6 Å². The highest BCUT2D eigenvalue weighted by Crippen LogP contribution is 2.26. The molecule has 0 spiro atoms. The Morgan fingerprint density at radius 2 is 2.00 bits per heavy atom. The van der Waals surface area contributed by atoms with E-state index in [2.05, 4.69) is 15.6 Å². The first-order valence-electron chi connectivity index (χ1n) is 6.33. The molecule has 0 saturated heterocycles. The van der Waals surface area contributed by atoms with Gasteiger partial charge >= 0.3 is 0 Å². The summed E-state index contributed by atoms with van der Waals surface area (Å²) in [6, 6.07) is 12.2. The van der Waals surface area contributed by atoms with Crippen LogP contribution >= 0.6 is 23.8 Å². The number of anilines is 1. The number of rotatable bonds is 2. The minimum absolute atomic E-state index is 0.174. The third-order valence-corrected chi connectivity index (χ3v) is 3.39. The van der Waals surface area contributed by atoms with Crippen molar-refractivity contribution < 1.29 is 9.21 Å². The zero-order valence-corrected chi connectivity index (χ0v) is 12.7. The maximum atomic E-state index is 12.0. The van der Waals surface area contributed by atoms with Crippen LogP contribution in [0.4, 0.5) is 5.69 Å². The molecule has 0 unspecified atom stereocenters. The third-order valence-electron chi connectivity index (χ3n) is 2.91. The van der Waals surface area contributed by atoms with Gasteiger partial charge in [-0.1, -0.05) is 29.8 Å². The molecule has 0 bridgehead atoms. The number of aromatic nitrogens is 1. The lowest BCUT2D eigenvalue weighted by Gasteiger charge is -2.09. The summed E-state index contributed by atoms with van der Waals surface area (Å²) in [6.07, 6.45) is 1.32. The van der Waals surface area contributed by atoms with E-state index in [1.165, 1.54) is 6.39 Å². The van der Waals surface area contributed by atoms with E-state index in [0.717, 1.165) is 0 Å². The van der Waals surface area contributed by atoms with E-state index in [4.69, 9.17) is 28.2 Å². The minimum Gasteiger partial charge on any atom is -0.442 e. The van der Waals surface area contributed by atoms with Gasteiger partial charge in [0, 0.05) is 11.3 Å². The molecule has 1 heterocycles. The Labute approximate surface area is 136 Å². The number of nitrogens with zero attached hydrogens (tertiary/aromatic N) is 1. The van der Waals surface area contributed by atoms with Gasteiger partial charge in [0.15, 0.2) is 17.1 Å². The molecule has 0 aliphatic heterocycles. The molecule has 5 nitrogen and oxygen atoms in total. The first-order valence-corrected chi connectivity index (χ1v) is 7.12. The molecule has 3 rings (SSSR count). The van der Waals surface area contributed by atoms with E-state index in [1.54, 1.807) is 36.4 Å². The van der Waals surface area contributed by atoms with Crippen LogP contribution in [0, 0.1) is 0 Å². The lowest BCUT2D eigenvalue weighted by Crippen LogP contribution is -2.34. The van der Waals surface area contributed by atoms with Gasteiger partial charge in [-0.05, 0) is 36.5 Å². The molecule has 0 aliphatic rings. The van der Waals surface area contributed by atoms with Gasteiger partial charge in [-0.25, -0.2) is 4.98 Å². The van der Waals surface area contributed by atoms with E-state index >= 15 is 0 Å². The van der Waals surface area contributed by atoms with Crippen molar-refractivity contribution in [3.05, 3.63) is 59.4 Å². The van der Waals surface area contributed by atoms with Gasteiger partial charge in [-0.3, -0.25) is 10.1 Å². The minimum atomic E-state index is -0.285. The second-order valence-electron chi connectivity index (χ2n) is 4.43. The van der Waals surface area contributed by atoms with Crippen LogP contribution in [0.5, 0.6) is 0 Å². The van der Waals surface area contributed by atoms with Crippen LogP contribution in [0.15, 0.2) is 53.3 Å². The number of amides is 1. The second kappa shape index (κ2) is 6.13. The molecule has 0 aliphatic carbocycles. The zero-order valence-electron chi connectivity index (χ0n) is 11.2. The second-order valence-corrected chi connectivity index (χ2v) is 5.25. The van der Waals surface area contributed by atoms with Gasteiger partial charge in [-0.15, -0.1) is 0 Å². The highest BCUT2D eigenvalue weighted by molar-refractivity contribution is 7.80. The van der Waals surface area contributed by atoms with E-state index in [9.17, 15) is 4.79 Å². The van der Waals surface area contributed by atoms with Crippen molar-refractivity contribution in [3.8, 4) is 0 Å². The lowest BCUT2D eigenvalue weighted by molar-refractivity contribution is 0.0977. The molecule has 2 N–H and O–H groups in total. The molecule has 0 fully saturated rings. The highest BCUT2D eigenvalue weighted by Gasteiger charge is 2.10. The molecule has 0 saturated carbocycles. The van der Waals surface area contributed by atoms with Crippen molar-refractivity contribution >= 4 is 51.6 Å². The van der Waals surface area contributed by atoms with Gasteiger partial charge in [0.2, 0.25) is 0 Å². The average molecular weight is 332 g/mol. The molecule has 0 radical (unpaired) electrons. The number of fused-ring (bicyclic) bond motifs is 1. The molecule has 3 aromatic rings. The molecule has 110 valence electrons. The molecule has 1 amide bonds. The zero-order chi connectivity index (χ0) is 15.5. The topological polar surface area (TPSA) is 67.2 Å². The summed E-state index contributed by atoms with van der Waals surface area (Å²) in [7, 11) is 0. The number of hydrogen-bond acceptors (Lipinski definition) is 4. The summed E-state index contributed by atoms with van der Waals surface area (Å²) in [5.74, 6) is -0.285. The summed E-state index contributed by atoms with van der Waals surface area (Å²) in [4.78, 5) is 16.0. The quantitative estimate of drug-likeness (QED) is 0.702. The number of hydrogen-bond donors (Lipinski definition) is 2. The van der Waals surface area contributed by atoms with Gasteiger partial charge in [-0.2, -0.15) is 0 Å². The van der Waals surface area contributed by atoms with Gasteiger partial charge in [0.05, 0.1) is 5.02 Å². The predicted octanol–water partition coefficient (Wildman–Crippen LogP) is 3.61. The van der Waals surface area contributed by atoms with E-state index in [0.29, 0.717) is 27.4 Å². The van der Waals surface area contributed by atoms with E-state index < -0.39 is 0 Å². The fourth-order valence-corrected chi connectivity index (χ4v) is 2.40. The number of nitrogens with one attached hydrogen (secondary N) is 2. The maximum Gasteiger partial charge on any atom is 0.257 e. The summed E-state index contributed by atoms with van der Waals surface area (Å²) in [6.45, 7) is 0. The SMILES string of the molecule is O=C(NC(=S)Nc1cc(Cl)c2ocnc2c1)c1ccccc1. The summed E-state index contributed by atoms with van der Waals surface area (Å²) >= 11 is 11.2. The molecular formula is C15H10ClN3O2S. The molecular weight excluding hydrogens is 322 g/mol. The Balaban J connectivity index is 1.72. The Hall–Kier alpha value is -2.44. The van der Waals surface area contributed by atoms with Crippen LogP contribution in [0.2, 0.25) is 5.02 Å². The molecule has 22 heavy (non-hydrogen) atoms. The lowest BCUT2D eigenvalue weighted by atomic mass is 10.2. The van der Waals surface area contributed by atoms with Crippen molar-refractivity contribution in [1.29, 1.82) is 0 Å². The molecule has 2 aromatic carbocycles. The third kappa shape index (κ3) is 3.08. The largest absolute Gasteiger partial charge is 0.442 e. The van der Waals surface area contributed by atoms with Crippen LogP contribution in [0.25, 0.3) is 11.1 Å². The van der Waals surface area contributed by atoms with Crippen LogP contribution in [-0.4, -0.2) is 16.0 Å². The monoisotopic (exact) mass is 331 g/mol. The Morgan fingerprint density at radius 3 is 2.77 bits per heavy atom. The Kier molecular flexibility index (Phi) is 4.04. The molecule has 7 heteroatoms. The summed E-state index contributed by atoms with van der Waals surface area (Å²) in [5, 5.41) is 6.08. The summed E-state index contributed by atoms with van der Waals surface area (Å²) < 4.78 is 5.16.